The minimum atomic E-state index is -1.08. The minimum Gasteiger partial charge on any atom is -0.496 e. The molecule has 0 spiro atoms. The van der Waals surface area contributed by atoms with Gasteiger partial charge in [-0.05, 0) is 41.8 Å². The second-order valence-corrected chi connectivity index (χ2v) is 7.72. The van der Waals surface area contributed by atoms with E-state index in [-0.39, 0.29) is 13.0 Å². The van der Waals surface area contributed by atoms with Gasteiger partial charge in [0.1, 0.15) is 18.0 Å². The van der Waals surface area contributed by atoms with Crippen LogP contribution < -0.4 is 4.74 Å². The predicted molar refractivity (Wildman–Crippen MR) is 113 cm³/mol. The number of benzene rings is 2. The van der Waals surface area contributed by atoms with E-state index in [1.807, 2.05) is 43.3 Å². The molecule has 1 fully saturated rings. The summed E-state index contributed by atoms with van der Waals surface area (Å²) in [7, 11) is 1.59. The van der Waals surface area contributed by atoms with Gasteiger partial charge in [0.05, 0.1) is 25.9 Å². The molecule has 3 aromatic rings. The monoisotopic (exact) mass is 426 g/mol. The van der Waals surface area contributed by atoms with E-state index < -0.39 is 24.4 Å². The van der Waals surface area contributed by atoms with E-state index in [0.717, 1.165) is 27.8 Å². The van der Waals surface area contributed by atoms with E-state index >= 15 is 0 Å². The van der Waals surface area contributed by atoms with Crippen molar-refractivity contribution in [1.29, 1.82) is 0 Å². The molecule has 31 heavy (non-hydrogen) atoms. The van der Waals surface area contributed by atoms with Crippen molar-refractivity contribution >= 4 is 0 Å². The minimum absolute atomic E-state index is 0.192. The largest absolute Gasteiger partial charge is 0.496 e. The summed E-state index contributed by atoms with van der Waals surface area (Å²) < 4.78 is 17.0. The van der Waals surface area contributed by atoms with Gasteiger partial charge in [-0.15, -0.1) is 10.2 Å². The molecular formula is C23H26N2O6. The summed E-state index contributed by atoms with van der Waals surface area (Å²) in [4.78, 5) is 0. The summed E-state index contributed by atoms with van der Waals surface area (Å²) >= 11 is 0. The van der Waals surface area contributed by atoms with Crippen LogP contribution in [0.3, 0.4) is 0 Å². The molecule has 1 aliphatic rings. The van der Waals surface area contributed by atoms with Crippen LogP contribution in [0, 0.1) is 13.8 Å². The third-order valence-corrected chi connectivity index (χ3v) is 5.70. The molecule has 2 aromatic carbocycles. The number of hydrogen-bond acceptors (Lipinski definition) is 8. The van der Waals surface area contributed by atoms with Gasteiger partial charge < -0.3 is 29.2 Å². The highest BCUT2D eigenvalue weighted by atomic mass is 16.5. The van der Waals surface area contributed by atoms with Crippen LogP contribution in [0.25, 0.3) is 22.6 Å². The first-order chi connectivity index (χ1) is 14.9. The van der Waals surface area contributed by atoms with Crippen LogP contribution >= 0.6 is 0 Å². The number of methoxy groups -OCH3 is 1. The van der Waals surface area contributed by atoms with Crippen molar-refractivity contribution in [3.63, 3.8) is 0 Å². The standard InChI is InChI=1S/C23H26N2O6/c1-12-16(5-4-6-17(12)22-21(28)19(27)10-15(11-26)31-22)18-8-7-14(9-20(18)29-3)23-25-24-13(2)30-23/h4-9,15,19,21-22,26-28H,10-11H2,1-3H3/t15-,19-,21-,22+/m0/s1. The Balaban J connectivity index is 1.74. The van der Waals surface area contributed by atoms with E-state index in [0.29, 0.717) is 17.5 Å². The number of aliphatic hydroxyl groups is 3. The van der Waals surface area contributed by atoms with Crippen LogP contribution in [-0.2, 0) is 4.74 Å². The first-order valence-corrected chi connectivity index (χ1v) is 10.1. The normalized spacial score (nSPS) is 23.7. The summed E-state index contributed by atoms with van der Waals surface area (Å²) in [5, 5.41) is 38.2. The Hall–Kier alpha value is -2.78. The molecule has 3 N–H and O–H groups in total. The fourth-order valence-corrected chi connectivity index (χ4v) is 4.04. The Morgan fingerprint density at radius 2 is 1.90 bits per heavy atom. The van der Waals surface area contributed by atoms with Gasteiger partial charge >= 0.3 is 0 Å². The predicted octanol–water partition coefficient (Wildman–Crippen LogP) is 2.57. The molecule has 0 unspecified atom stereocenters. The third kappa shape index (κ3) is 4.07. The van der Waals surface area contributed by atoms with Gasteiger partial charge in [-0.1, -0.05) is 18.2 Å². The number of aliphatic hydroxyl groups excluding tert-OH is 3. The quantitative estimate of drug-likeness (QED) is 0.570. The molecule has 4 atom stereocenters. The van der Waals surface area contributed by atoms with Gasteiger partial charge in [0.15, 0.2) is 0 Å². The molecule has 0 aliphatic carbocycles. The molecule has 0 radical (unpaired) electrons. The maximum absolute atomic E-state index is 10.6. The number of aryl methyl sites for hydroxylation is 1. The summed E-state index contributed by atoms with van der Waals surface area (Å²) in [6.45, 7) is 3.45. The zero-order valence-corrected chi connectivity index (χ0v) is 17.6. The number of nitrogens with zero attached hydrogens (tertiary/aromatic N) is 2. The second kappa shape index (κ2) is 8.76. The van der Waals surface area contributed by atoms with Crippen molar-refractivity contribution in [1.82, 2.24) is 10.2 Å². The van der Waals surface area contributed by atoms with Crippen molar-refractivity contribution in [3.05, 3.63) is 53.4 Å². The average Bonchev–Trinajstić information content (AvgIpc) is 3.22. The molecule has 2 heterocycles. The highest BCUT2D eigenvalue weighted by Gasteiger charge is 2.38. The fraction of sp³-hybridized carbons (Fsp3) is 0.391. The number of ether oxygens (including phenoxy) is 2. The Labute approximate surface area is 180 Å². The molecule has 164 valence electrons. The van der Waals surface area contributed by atoms with Gasteiger partial charge in [0.25, 0.3) is 0 Å². The van der Waals surface area contributed by atoms with Crippen LogP contribution in [0.1, 0.15) is 29.5 Å². The fourth-order valence-electron chi connectivity index (χ4n) is 4.04. The Morgan fingerprint density at radius 1 is 1.10 bits per heavy atom. The van der Waals surface area contributed by atoms with Crippen molar-refractivity contribution in [3.8, 4) is 28.3 Å². The molecule has 0 amide bonds. The maximum Gasteiger partial charge on any atom is 0.247 e. The highest BCUT2D eigenvalue weighted by Crippen LogP contribution is 2.40. The lowest BCUT2D eigenvalue weighted by Crippen LogP contribution is -2.44. The third-order valence-electron chi connectivity index (χ3n) is 5.70. The van der Waals surface area contributed by atoms with Crippen LogP contribution in [-0.4, -0.2) is 57.5 Å². The summed E-state index contributed by atoms with van der Waals surface area (Å²) in [5.74, 6) is 1.53. The first kappa shape index (κ1) is 21.5. The SMILES string of the molecule is COc1cc(-c2nnc(C)o2)ccc1-c1cccc([C@H]2O[C@H](CO)C[C@H](O)[C@@H]2O)c1C. The Kier molecular flexibility index (Phi) is 6.06. The van der Waals surface area contributed by atoms with E-state index in [4.69, 9.17) is 13.9 Å². The van der Waals surface area contributed by atoms with E-state index in [1.165, 1.54) is 0 Å². The summed E-state index contributed by atoms with van der Waals surface area (Å²) in [6, 6.07) is 11.3. The van der Waals surface area contributed by atoms with Crippen molar-refractivity contribution in [2.45, 2.75) is 44.7 Å². The Morgan fingerprint density at radius 3 is 2.58 bits per heavy atom. The molecule has 1 saturated heterocycles. The first-order valence-electron chi connectivity index (χ1n) is 10.1. The zero-order valence-electron chi connectivity index (χ0n) is 17.6. The average molecular weight is 426 g/mol. The second-order valence-electron chi connectivity index (χ2n) is 7.72. The van der Waals surface area contributed by atoms with E-state index in [1.54, 1.807) is 14.0 Å². The lowest BCUT2D eigenvalue weighted by atomic mass is 9.87. The molecule has 1 aliphatic heterocycles. The molecule has 1 aromatic heterocycles. The number of hydrogen-bond donors (Lipinski definition) is 3. The molecule has 8 heteroatoms. The van der Waals surface area contributed by atoms with E-state index in [9.17, 15) is 15.3 Å². The Bertz CT molecular complexity index is 1070. The maximum atomic E-state index is 10.6. The smallest absolute Gasteiger partial charge is 0.247 e. The zero-order chi connectivity index (χ0) is 22.1. The molecular weight excluding hydrogens is 400 g/mol. The van der Waals surface area contributed by atoms with Crippen molar-refractivity contribution in [2.75, 3.05) is 13.7 Å². The molecule has 0 saturated carbocycles. The molecule has 0 bridgehead atoms. The molecule has 8 nitrogen and oxygen atoms in total. The number of aromatic nitrogens is 2. The van der Waals surface area contributed by atoms with Crippen LogP contribution in [0.2, 0.25) is 0 Å². The van der Waals surface area contributed by atoms with Gasteiger partial charge in [0, 0.05) is 24.5 Å². The molecule has 4 rings (SSSR count). The van der Waals surface area contributed by atoms with Gasteiger partial charge in [0.2, 0.25) is 11.8 Å². The topological polar surface area (TPSA) is 118 Å². The number of rotatable bonds is 5. The van der Waals surface area contributed by atoms with Gasteiger partial charge in [-0.3, -0.25) is 0 Å². The van der Waals surface area contributed by atoms with Gasteiger partial charge in [-0.25, -0.2) is 0 Å². The summed E-state index contributed by atoms with van der Waals surface area (Å²) in [5.41, 5.74) is 4.14. The van der Waals surface area contributed by atoms with Crippen LogP contribution in [0.15, 0.2) is 40.8 Å². The van der Waals surface area contributed by atoms with Crippen LogP contribution in [0.4, 0.5) is 0 Å². The van der Waals surface area contributed by atoms with Gasteiger partial charge in [-0.2, -0.15) is 0 Å². The van der Waals surface area contributed by atoms with Crippen molar-refractivity contribution < 1.29 is 29.2 Å². The lowest BCUT2D eigenvalue weighted by molar-refractivity contribution is -0.179. The van der Waals surface area contributed by atoms with Crippen molar-refractivity contribution in [2.24, 2.45) is 0 Å². The van der Waals surface area contributed by atoms with Crippen LogP contribution in [0.5, 0.6) is 5.75 Å². The summed E-state index contributed by atoms with van der Waals surface area (Å²) in [6.07, 6.45) is -3.13. The van der Waals surface area contributed by atoms with E-state index in [2.05, 4.69) is 10.2 Å². The highest BCUT2D eigenvalue weighted by molar-refractivity contribution is 5.77. The lowest BCUT2D eigenvalue weighted by Gasteiger charge is -2.37.